The van der Waals surface area contributed by atoms with Crippen molar-refractivity contribution in [3.63, 3.8) is 0 Å². The molecule has 0 bridgehead atoms. The van der Waals surface area contributed by atoms with Gasteiger partial charge in [-0.15, -0.1) is 0 Å². The molecular weight excluding hydrogens is 282 g/mol. The molecule has 0 fully saturated rings. The molecule has 0 spiro atoms. The van der Waals surface area contributed by atoms with Crippen LogP contribution in [-0.4, -0.2) is 18.6 Å². The first-order valence-electron chi connectivity index (χ1n) is 4.97. The number of nitrogens with zero attached hydrogens (tertiary/aromatic N) is 1. The number of quaternary nitrogens is 1. The Balaban J connectivity index is 2.09. The second kappa shape index (κ2) is 4.91. The van der Waals surface area contributed by atoms with Crippen molar-refractivity contribution in [2.45, 2.75) is 0 Å². The predicted octanol–water partition coefficient (Wildman–Crippen LogP) is 2.32. The summed E-state index contributed by atoms with van der Waals surface area (Å²) in [6.45, 7) is -2.78. The van der Waals surface area contributed by atoms with E-state index in [1.54, 1.807) is 30.5 Å². The third-order valence-electron chi connectivity index (χ3n) is 2.31. The maximum atomic E-state index is 12.2. The quantitative estimate of drug-likeness (QED) is 0.869. The topological polar surface area (TPSA) is 34.0 Å². The number of benzene rings is 1. The minimum Gasteiger partial charge on any atom is -0.392 e. The zero-order valence-corrected chi connectivity index (χ0v) is 11.5. The summed E-state index contributed by atoms with van der Waals surface area (Å²) in [6.07, 6.45) is 3.54. The van der Waals surface area contributed by atoms with Gasteiger partial charge >= 0.3 is 6.87 Å². The summed E-state index contributed by atoms with van der Waals surface area (Å²) in [5.41, 5.74) is 0. The summed E-state index contributed by atoms with van der Waals surface area (Å²) in [7, 11) is 1.88. The lowest BCUT2D eigenvalue weighted by molar-refractivity contribution is -0.719. The molecule has 1 aromatic carbocycles. The Morgan fingerprint density at radius 3 is 2.59 bits per heavy atom. The van der Waals surface area contributed by atoms with Crippen molar-refractivity contribution in [2.24, 2.45) is 0 Å². The molecule has 0 saturated heterocycles. The van der Waals surface area contributed by atoms with Crippen LogP contribution in [0, 0.1) is 0 Å². The average Bonchev–Trinajstić information content (AvgIpc) is 2.69. The van der Waals surface area contributed by atoms with Crippen LogP contribution in [0.3, 0.4) is 0 Å². The number of hydrogen-bond donors (Lipinski definition) is 1. The number of nitrogens with one attached hydrogen (secondary N) is 1. The summed E-state index contributed by atoms with van der Waals surface area (Å²) in [5.74, 6) is 0.447. The van der Waals surface area contributed by atoms with Crippen LogP contribution < -0.4 is 9.19 Å². The fourth-order valence-electron chi connectivity index (χ4n) is 1.44. The van der Waals surface area contributed by atoms with Crippen molar-refractivity contribution in [1.82, 2.24) is 4.90 Å². The zero-order valence-electron chi connectivity index (χ0n) is 9.14. The molecule has 1 heterocycles. The Morgan fingerprint density at radius 1 is 1.41 bits per heavy atom. The molecule has 0 radical (unpaired) electrons. The van der Waals surface area contributed by atoms with Gasteiger partial charge in [-0.05, 0) is 24.3 Å². The number of hydrogen-bond acceptors (Lipinski definition) is 3. The Kier molecular flexibility index (Phi) is 3.69. The van der Waals surface area contributed by atoms with Crippen LogP contribution in [0.4, 0.5) is 0 Å². The van der Waals surface area contributed by atoms with E-state index in [0.29, 0.717) is 22.1 Å². The fourth-order valence-corrected chi connectivity index (χ4v) is 3.28. The van der Waals surface area contributed by atoms with Crippen molar-refractivity contribution in [3.05, 3.63) is 41.7 Å². The van der Waals surface area contributed by atoms with E-state index in [1.165, 1.54) is 0 Å². The van der Waals surface area contributed by atoms with Gasteiger partial charge in [0.1, 0.15) is 11.9 Å². The van der Waals surface area contributed by atoms with Crippen molar-refractivity contribution in [2.75, 3.05) is 13.7 Å². The van der Waals surface area contributed by atoms with Gasteiger partial charge in [0, 0.05) is 12.1 Å². The van der Waals surface area contributed by atoms with E-state index in [4.69, 9.17) is 27.4 Å². The Morgan fingerprint density at radius 2 is 2.06 bits per heavy atom. The lowest BCUT2D eigenvalue weighted by Gasteiger charge is -2.17. The molecule has 0 amide bonds. The molecule has 1 aromatic rings. The number of halogens is 2. The fraction of sp³-hybridized carbons (Fsp3) is 0.200. The second-order valence-electron chi connectivity index (χ2n) is 3.75. The Hall–Kier alpha value is -0.670. The molecule has 4 nitrogen and oxygen atoms in total. The standard InChI is InChI=1S/C10H11Cl2N2O2P/c1-13-6-7-14(8-13)17(12,15)16-10-4-2-9(11)3-5-10/h2-7H,8H2,1H3/p+1. The van der Waals surface area contributed by atoms with Crippen molar-refractivity contribution >= 4 is 29.7 Å². The number of rotatable bonds is 3. The minimum atomic E-state index is -3.30. The minimum absolute atomic E-state index is 0.447. The summed E-state index contributed by atoms with van der Waals surface area (Å²) in [6, 6.07) is 6.60. The van der Waals surface area contributed by atoms with Gasteiger partial charge in [-0.1, -0.05) is 11.6 Å². The highest BCUT2D eigenvalue weighted by Crippen LogP contribution is 2.44. The van der Waals surface area contributed by atoms with Crippen molar-refractivity contribution in [3.8, 4) is 5.75 Å². The van der Waals surface area contributed by atoms with E-state index in [-0.39, 0.29) is 0 Å². The van der Waals surface area contributed by atoms with Crippen LogP contribution in [0.5, 0.6) is 5.75 Å². The van der Waals surface area contributed by atoms with E-state index < -0.39 is 6.87 Å². The van der Waals surface area contributed by atoms with Crippen molar-refractivity contribution < 1.29 is 13.8 Å². The van der Waals surface area contributed by atoms with E-state index in [1.807, 2.05) is 18.1 Å². The van der Waals surface area contributed by atoms with Crippen LogP contribution in [-0.2, 0) is 4.57 Å². The van der Waals surface area contributed by atoms with Gasteiger partial charge in [-0.2, -0.15) is 0 Å². The lowest BCUT2D eigenvalue weighted by atomic mass is 10.3. The highest BCUT2D eigenvalue weighted by Gasteiger charge is 2.38. The van der Waals surface area contributed by atoms with Crippen LogP contribution in [0.25, 0.3) is 0 Å². The first-order valence-corrected chi connectivity index (χ1v) is 7.88. The van der Waals surface area contributed by atoms with Crippen LogP contribution >= 0.6 is 29.7 Å². The molecular formula is C10H12Cl2N2O2P+. The molecule has 1 aliphatic heterocycles. The van der Waals surface area contributed by atoms with Gasteiger partial charge in [0.05, 0.1) is 17.4 Å². The van der Waals surface area contributed by atoms with Gasteiger partial charge < -0.3 is 9.42 Å². The van der Waals surface area contributed by atoms with Gasteiger partial charge in [0.25, 0.3) is 0 Å². The molecule has 17 heavy (non-hydrogen) atoms. The van der Waals surface area contributed by atoms with Crippen LogP contribution in [0.1, 0.15) is 0 Å². The molecule has 0 aliphatic carbocycles. The third kappa shape index (κ3) is 3.17. The SMILES string of the molecule is CN1C=C[NH+](P(=O)(Cl)Oc2ccc(Cl)cc2)C1. The zero-order chi connectivity index (χ0) is 12.5. The molecule has 1 aliphatic rings. The average molecular weight is 294 g/mol. The largest absolute Gasteiger partial charge is 0.534 e. The molecule has 2 atom stereocenters. The molecule has 7 heteroatoms. The van der Waals surface area contributed by atoms with Gasteiger partial charge in [-0.25, -0.2) is 9.24 Å². The maximum absolute atomic E-state index is 12.2. The molecule has 2 unspecified atom stereocenters. The molecule has 0 saturated carbocycles. The van der Waals surface area contributed by atoms with Gasteiger partial charge in [-0.3, -0.25) is 0 Å². The van der Waals surface area contributed by atoms with Crippen LogP contribution in [0.2, 0.25) is 5.02 Å². The predicted molar refractivity (Wildman–Crippen MR) is 68.3 cm³/mol. The normalized spacial score (nSPS) is 22.5. The summed E-state index contributed by atoms with van der Waals surface area (Å²) in [4.78, 5) is 1.88. The summed E-state index contributed by atoms with van der Waals surface area (Å²) >= 11 is 11.7. The Labute approximate surface area is 110 Å². The highest BCUT2D eigenvalue weighted by atomic mass is 35.7. The van der Waals surface area contributed by atoms with Gasteiger partial charge in [0.2, 0.25) is 0 Å². The van der Waals surface area contributed by atoms with Crippen molar-refractivity contribution in [1.29, 1.82) is 0 Å². The third-order valence-corrected chi connectivity index (χ3v) is 4.84. The first kappa shape index (κ1) is 12.8. The second-order valence-corrected chi connectivity index (χ2v) is 7.23. The summed E-state index contributed by atoms with van der Waals surface area (Å²) in [5, 5.41) is 0.593. The van der Waals surface area contributed by atoms with Gasteiger partial charge in [0.15, 0.2) is 6.67 Å². The van der Waals surface area contributed by atoms with E-state index >= 15 is 0 Å². The molecule has 92 valence electrons. The molecule has 1 N–H and O–H groups in total. The first-order chi connectivity index (χ1) is 7.97. The van der Waals surface area contributed by atoms with E-state index in [0.717, 1.165) is 0 Å². The monoisotopic (exact) mass is 293 g/mol. The highest BCUT2D eigenvalue weighted by molar-refractivity contribution is 7.80. The lowest BCUT2D eigenvalue weighted by Crippen LogP contribution is -3.02. The summed E-state index contributed by atoms with van der Waals surface area (Å²) < 4.78 is 18.1. The molecule has 2 rings (SSSR count). The van der Waals surface area contributed by atoms with E-state index in [9.17, 15) is 4.57 Å². The Bertz CT molecular complexity index is 478. The smallest absolute Gasteiger partial charge is 0.392 e. The van der Waals surface area contributed by atoms with E-state index in [2.05, 4.69) is 0 Å². The molecule has 0 aromatic heterocycles. The van der Waals surface area contributed by atoms with Crippen LogP contribution in [0.15, 0.2) is 36.7 Å². The maximum Gasteiger partial charge on any atom is 0.534 e.